The summed E-state index contributed by atoms with van der Waals surface area (Å²) in [6.45, 7) is 5.25. The van der Waals surface area contributed by atoms with Gasteiger partial charge >= 0.3 is 11.7 Å². The summed E-state index contributed by atoms with van der Waals surface area (Å²) in [4.78, 5) is 22.4. The number of nitro benzene ring substituents is 1. The first-order chi connectivity index (χ1) is 9.84. The van der Waals surface area contributed by atoms with Crippen molar-refractivity contribution in [2.75, 3.05) is 20.3 Å². The van der Waals surface area contributed by atoms with Crippen molar-refractivity contribution in [3.05, 3.63) is 33.9 Å². The number of carbonyl (C=O) groups excluding carboxylic acids is 1. The van der Waals surface area contributed by atoms with E-state index in [0.29, 0.717) is 0 Å². The molecule has 1 rings (SSSR count). The maximum atomic E-state index is 11.9. The van der Waals surface area contributed by atoms with Crippen LogP contribution in [0.3, 0.4) is 0 Å². The monoisotopic (exact) mass is 296 g/mol. The highest BCUT2D eigenvalue weighted by Gasteiger charge is 2.34. The van der Waals surface area contributed by atoms with Gasteiger partial charge in [-0.3, -0.25) is 10.1 Å². The Kier molecular flexibility index (Phi) is 5.66. The quantitative estimate of drug-likeness (QED) is 0.469. The molecule has 0 radical (unpaired) electrons. The smallest absolute Gasteiger partial charge is 0.329 e. The van der Waals surface area contributed by atoms with Gasteiger partial charge in [0.1, 0.15) is 12.1 Å². The van der Waals surface area contributed by atoms with Crippen LogP contribution in [0.5, 0.6) is 5.75 Å². The molecule has 7 nitrogen and oxygen atoms in total. The summed E-state index contributed by atoms with van der Waals surface area (Å²) in [5.41, 5.74) is -0.442. The van der Waals surface area contributed by atoms with Crippen molar-refractivity contribution in [2.45, 2.75) is 26.3 Å². The Hall–Kier alpha value is -2.15. The molecule has 0 saturated heterocycles. The maximum absolute atomic E-state index is 11.9. The van der Waals surface area contributed by atoms with Gasteiger partial charge in [-0.1, -0.05) is 6.07 Å². The normalized spacial score (nSPS) is 13.3. The summed E-state index contributed by atoms with van der Waals surface area (Å²) in [6, 6.07) is 4.66. The van der Waals surface area contributed by atoms with Crippen LogP contribution in [0.25, 0.3) is 0 Å². The van der Waals surface area contributed by atoms with Gasteiger partial charge in [0.15, 0.2) is 5.75 Å². The Balaban J connectivity index is 2.91. The van der Waals surface area contributed by atoms with Gasteiger partial charge in [-0.25, -0.2) is 4.79 Å². The first kappa shape index (κ1) is 16.9. The number of hydrogen-bond donors (Lipinski definition) is 1. The van der Waals surface area contributed by atoms with E-state index in [-0.39, 0.29) is 24.7 Å². The van der Waals surface area contributed by atoms with Crippen molar-refractivity contribution in [3.63, 3.8) is 0 Å². The van der Waals surface area contributed by atoms with Crippen LogP contribution in [0.2, 0.25) is 0 Å². The zero-order chi connectivity index (χ0) is 16.0. The number of hydrogen-bond acceptors (Lipinski definition) is 6. The molecule has 0 aliphatic heterocycles. The van der Waals surface area contributed by atoms with E-state index in [1.54, 1.807) is 33.9 Å². The van der Waals surface area contributed by atoms with Crippen molar-refractivity contribution in [2.24, 2.45) is 0 Å². The molecular weight excluding hydrogens is 276 g/mol. The van der Waals surface area contributed by atoms with E-state index in [2.05, 4.69) is 5.32 Å². The van der Waals surface area contributed by atoms with E-state index in [4.69, 9.17) is 9.47 Å². The third-order valence-electron chi connectivity index (χ3n) is 3.11. The number of nitrogens with zero attached hydrogens (tertiary/aromatic N) is 1. The topological polar surface area (TPSA) is 90.7 Å². The number of esters is 1. The molecule has 1 aromatic carbocycles. The molecule has 116 valence electrons. The third-order valence-corrected chi connectivity index (χ3v) is 3.11. The Morgan fingerprint density at radius 3 is 2.67 bits per heavy atom. The number of rotatable bonds is 7. The molecule has 7 heteroatoms. The van der Waals surface area contributed by atoms with Gasteiger partial charge in [0.2, 0.25) is 0 Å². The average Bonchev–Trinajstić information content (AvgIpc) is 2.45. The number of likely N-dealkylation sites (N-methyl/N-ethyl adjacent to an activating group) is 1. The second kappa shape index (κ2) is 7.03. The predicted molar refractivity (Wildman–Crippen MR) is 77.4 cm³/mol. The van der Waals surface area contributed by atoms with Crippen LogP contribution >= 0.6 is 0 Å². The zero-order valence-electron chi connectivity index (χ0n) is 12.6. The lowest BCUT2D eigenvalue weighted by atomic mass is 10.0. The highest BCUT2D eigenvalue weighted by molar-refractivity contribution is 5.80. The van der Waals surface area contributed by atoms with Gasteiger partial charge in [-0.2, -0.15) is 0 Å². The summed E-state index contributed by atoms with van der Waals surface area (Å²) >= 11 is 0. The predicted octanol–water partition coefficient (Wildman–Crippen LogP) is 1.82. The minimum absolute atomic E-state index is 0.0771. The molecule has 0 bridgehead atoms. The third kappa shape index (κ3) is 4.16. The Morgan fingerprint density at radius 2 is 2.14 bits per heavy atom. The minimum atomic E-state index is -1.07. The van der Waals surface area contributed by atoms with Crippen molar-refractivity contribution >= 4 is 11.7 Å². The lowest BCUT2D eigenvalue weighted by molar-refractivity contribution is -0.386. The summed E-state index contributed by atoms with van der Waals surface area (Å²) in [5, 5.41) is 13.8. The van der Waals surface area contributed by atoms with Crippen molar-refractivity contribution in [1.82, 2.24) is 5.32 Å². The van der Waals surface area contributed by atoms with E-state index in [1.165, 1.54) is 12.1 Å². The van der Waals surface area contributed by atoms with Crippen LogP contribution < -0.4 is 10.1 Å². The van der Waals surface area contributed by atoms with Crippen LogP contribution in [-0.4, -0.2) is 36.7 Å². The fourth-order valence-electron chi connectivity index (χ4n) is 1.64. The molecule has 1 aromatic rings. The van der Waals surface area contributed by atoms with Crippen molar-refractivity contribution < 1.29 is 19.2 Å². The molecule has 0 spiro atoms. The van der Waals surface area contributed by atoms with Gasteiger partial charge in [0, 0.05) is 6.07 Å². The second-order valence-electron chi connectivity index (χ2n) is 4.82. The molecule has 0 saturated carbocycles. The van der Waals surface area contributed by atoms with E-state index in [9.17, 15) is 14.9 Å². The first-order valence-electron chi connectivity index (χ1n) is 6.58. The summed E-state index contributed by atoms with van der Waals surface area (Å²) in [6.07, 6.45) is 0. The van der Waals surface area contributed by atoms with Crippen LogP contribution in [0.4, 0.5) is 5.69 Å². The summed E-state index contributed by atoms with van der Waals surface area (Å²) < 4.78 is 10.4. The minimum Gasteiger partial charge on any atom is -0.484 e. The zero-order valence-corrected chi connectivity index (χ0v) is 12.6. The fourth-order valence-corrected chi connectivity index (χ4v) is 1.64. The van der Waals surface area contributed by atoms with E-state index >= 15 is 0 Å². The maximum Gasteiger partial charge on any atom is 0.329 e. The molecule has 1 atom stereocenters. The van der Waals surface area contributed by atoms with E-state index in [0.717, 1.165) is 5.56 Å². The Labute approximate surface area is 123 Å². The Bertz CT molecular complexity index is 532. The molecule has 0 aromatic heterocycles. The molecular formula is C14H20N2O5. The summed E-state index contributed by atoms with van der Waals surface area (Å²) in [5.74, 6) is -0.348. The molecule has 1 unspecified atom stereocenters. The largest absolute Gasteiger partial charge is 0.484 e. The van der Waals surface area contributed by atoms with Gasteiger partial charge in [-0.05, 0) is 39.4 Å². The van der Waals surface area contributed by atoms with Gasteiger partial charge < -0.3 is 14.8 Å². The summed E-state index contributed by atoms with van der Waals surface area (Å²) in [7, 11) is 1.60. The van der Waals surface area contributed by atoms with Crippen LogP contribution in [-0.2, 0) is 9.53 Å². The Morgan fingerprint density at radius 1 is 1.48 bits per heavy atom. The van der Waals surface area contributed by atoms with Crippen LogP contribution in [0.15, 0.2) is 18.2 Å². The highest BCUT2D eigenvalue weighted by atomic mass is 16.6. The molecule has 0 amide bonds. The first-order valence-corrected chi connectivity index (χ1v) is 6.58. The molecule has 0 heterocycles. The fraction of sp³-hybridized carbons (Fsp3) is 0.500. The molecule has 0 aliphatic rings. The number of ether oxygens (including phenoxy) is 2. The number of nitro groups is 1. The van der Waals surface area contributed by atoms with Gasteiger partial charge in [0.25, 0.3) is 0 Å². The standard InChI is InChI=1S/C14H20N2O5/c1-5-20-13(17)14(3,15-4)9-21-12-7-6-10(2)8-11(12)16(18)19/h6-8,15H,5,9H2,1-4H3. The van der Waals surface area contributed by atoms with Gasteiger partial charge in [0.05, 0.1) is 11.5 Å². The molecule has 1 N–H and O–H groups in total. The lowest BCUT2D eigenvalue weighted by Gasteiger charge is -2.26. The number of aryl methyl sites for hydroxylation is 1. The number of carbonyl (C=O) groups is 1. The number of benzene rings is 1. The van der Waals surface area contributed by atoms with Gasteiger partial charge in [-0.15, -0.1) is 0 Å². The van der Waals surface area contributed by atoms with E-state index in [1.807, 2.05) is 0 Å². The van der Waals surface area contributed by atoms with E-state index < -0.39 is 16.4 Å². The van der Waals surface area contributed by atoms with Crippen LogP contribution in [0, 0.1) is 17.0 Å². The van der Waals surface area contributed by atoms with Crippen molar-refractivity contribution in [1.29, 1.82) is 0 Å². The average molecular weight is 296 g/mol. The molecule has 0 aliphatic carbocycles. The molecule has 0 fully saturated rings. The number of nitrogens with one attached hydrogen (secondary N) is 1. The highest BCUT2D eigenvalue weighted by Crippen LogP contribution is 2.28. The van der Waals surface area contributed by atoms with Crippen molar-refractivity contribution in [3.8, 4) is 5.75 Å². The van der Waals surface area contributed by atoms with Crippen LogP contribution in [0.1, 0.15) is 19.4 Å². The SMILES string of the molecule is CCOC(=O)C(C)(COc1ccc(C)cc1[N+](=O)[O-])NC. The molecule has 21 heavy (non-hydrogen) atoms. The second-order valence-corrected chi connectivity index (χ2v) is 4.82. The lowest BCUT2D eigenvalue weighted by Crippen LogP contribution is -2.53.